The molecule has 2 aromatic rings. The number of hydrogen-bond acceptors (Lipinski definition) is 4. The predicted molar refractivity (Wildman–Crippen MR) is 94.9 cm³/mol. The number of ether oxygens (including phenoxy) is 2. The van der Waals surface area contributed by atoms with E-state index in [9.17, 15) is 9.59 Å². The summed E-state index contributed by atoms with van der Waals surface area (Å²) in [5.41, 5.74) is 3.07. The number of nitrogens with one attached hydrogen (secondary N) is 1. The van der Waals surface area contributed by atoms with Gasteiger partial charge in [0.25, 0.3) is 0 Å². The summed E-state index contributed by atoms with van der Waals surface area (Å²) in [6, 6.07) is 16.7. The Bertz CT molecular complexity index is 683. The molecule has 0 aromatic heterocycles. The molecule has 0 radical (unpaired) electrons. The van der Waals surface area contributed by atoms with Gasteiger partial charge in [0.15, 0.2) is 0 Å². The molecule has 0 aliphatic rings. The van der Waals surface area contributed by atoms with E-state index >= 15 is 0 Å². The van der Waals surface area contributed by atoms with Crippen molar-refractivity contribution in [2.45, 2.75) is 26.0 Å². The van der Waals surface area contributed by atoms with E-state index in [0.717, 1.165) is 16.7 Å². The Kier molecular flexibility index (Phi) is 7.16. The van der Waals surface area contributed by atoms with E-state index in [4.69, 9.17) is 9.47 Å². The smallest absolute Gasteiger partial charge is 0.328 e. The molecule has 0 aliphatic carbocycles. The fourth-order valence-corrected chi connectivity index (χ4v) is 2.37. The van der Waals surface area contributed by atoms with E-state index in [1.807, 2.05) is 61.5 Å². The monoisotopic (exact) mass is 341 g/mol. The van der Waals surface area contributed by atoms with Crippen molar-refractivity contribution in [3.63, 3.8) is 0 Å². The molecule has 0 unspecified atom stereocenters. The van der Waals surface area contributed by atoms with Crippen molar-refractivity contribution in [2.24, 2.45) is 0 Å². The van der Waals surface area contributed by atoms with Crippen LogP contribution in [0.25, 0.3) is 0 Å². The second kappa shape index (κ2) is 9.59. The largest absolute Gasteiger partial charge is 0.467 e. The number of hydrogen-bond donors (Lipinski definition) is 1. The number of esters is 1. The van der Waals surface area contributed by atoms with E-state index in [1.165, 1.54) is 7.11 Å². The molecule has 132 valence electrons. The molecule has 0 bridgehead atoms. The van der Waals surface area contributed by atoms with Crippen LogP contribution in [-0.4, -0.2) is 31.6 Å². The van der Waals surface area contributed by atoms with Crippen molar-refractivity contribution in [3.8, 4) is 0 Å². The van der Waals surface area contributed by atoms with Crippen molar-refractivity contribution in [2.75, 3.05) is 13.7 Å². The lowest BCUT2D eigenvalue weighted by atomic mass is 10.0. The lowest BCUT2D eigenvalue weighted by Gasteiger charge is -2.17. The quantitative estimate of drug-likeness (QED) is 0.749. The maximum absolute atomic E-state index is 12.1. The van der Waals surface area contributed by atoms with Crippen LogP contribution in [0, 0.1) is 6.92 Å². The maximum Gasteiger partial charge on any atom is 0.328 e. The summed E-state index contributed by atoms with van der Waals surface area (Å²) in [5, 5.41) is 2.68. The van der Waals surface area contributed by atoms with E-state index in [1.54, 1.807) is 0 Å². The molecule has 2 aromatic carbocycles. The van der Waals surface area contributed by atoms with Crippen molar-refractivity contribution in [1.29, 1.82) is 0 Å². The molecule has 1 N–H and O–H groups in total. The second-order valence-corrected chi connectivity index (χ2v) is 5.81. The van der Waals surface area contributed by atoms with Gasteiger partial charge in [-0.15, -0.1) is 0 Å². The summed E-state index contributed by atoms with van der Waals surface area (Å²) in [7, 11) is 1.31. The number of amides is 1. The summed E-state index contributed by atoms with van der Waals surface area (Å²) in [5.74, 6) is -0.824. The molecule has 0 spiro atoms. The molecular weight excluding hydrogens is 318 g/mol. The molecule has 0 heterocycles. The zero-order valence-electron chi connectivity index (χ0n) is 14.5. The molecule has 0 saturated heterocycles. The molecule has 1 atom stereocenters. The highest BCUT2D eigenvalue weighted by molar-refractivity contribution is 5.85. The van der Waals surface area contributed by atoms with Crippen LogP contribution in [0.4, 0.5) is 0 Å². The number of aryl methyl sites for hydroxylation is 1. The van der Waals surface area contributed by atoms with Gasteiger partial charge in [0.1, 0.15) is 12.6 Å². The highest BCUT2D eigenvalue weighted by Gasteiger charge is 2.21. The second-order valence-electron chi connectivity index (χ2n) is 5.81. The zero-order valence-corrected chi connectivity index (χ0v) is 14.5. The Morgan fingerprint density at radius 1 is 1.00 bits per heavy atom. The van der Waals surface area contributed by atoms with E-state index in [-0.39, 0.29) is 12.5 Å². The average molecular weight is 341 g/mol. The van der Waals surface area contributed by atoms with Gasteiger partial charge in [0, 0.05) is 6.42 Å². The lowest BCUT2D eigenvalue weighted by molar-refractivity contribution is -0.145. The van der Waals surface area contributed by atoms with E-state index in [0.29, 0.717) is 13.0 Å². The van der Waals surface area contributed by atoms with Crippen LogP contribution in [0.15, 0.2) is 54.6 Å². The summed E-state index contributed by atoms with van der Waals surface area (Å²) < 4.78 is 10.2. The summed E-state index contributed by atoms with van der Waals surface area (Å²) in [6.07, 6.45) is 0.372. The van der Waals surface area contributed by atoms with Crippen LogP contribution in [-0.2, 0) is 32.1 Å². The van der Waals surface area contributed by atoms with Gasteiger partial charge in [0.2, 0.25) is 5.91 Å². The van der Waals surface area contributed by atoms with Gasteiger partial charge in [-0.1, -0.05) is 60.2 Å². The van der Waals surface area contributed by atoms with Crippen LogP contribution in [0.5, 0.6) is 0 Å². The third kappa shape index (κ3) is 6.39. The van der Waals surface area contributed by atoms with Gasteiger partial charge in [-0.25, -0.2) is 4.79 Å². The van der Waals surface area contributed by atoms with Gasteiger partial charge in [-0.3, -0.25) is 4.79 Å². The molecule has 0 fully saturated rings. The first kappa shape index (κ1) is 18.7. The minimum Gasteiger partial charge on any atom is -0.467 e. The van der Waals surface area contributed by atoms with Gasteiger partial charge in [0.05, 0.1) is 13.7 Å². The highest BCUT2D eigenvalue weighted by atomic mass is 16.5. The van der Waals surface area contributed by atoms with Crippen LogP contribution in [0.2, 0.25) is 0 Å². The minimum absolute atomic E-state index is 0.115. The normalized spacial score (nSPS) is 11.6. The SMILES string of the molecule is COC(=O)[C@H](Cc1ccc(C)cc1)NC(=O)COCc1ccccc1. The topological polar surface area (TPSA) is 64.6 Å². The van der Waals surface area contributed by atoms with Crippen LogP contribution >= 0.6 is 0 Å². The molecule has 1 amide bonds. The van der Waals surface area contributed by atoms with Crippen LogP contribution in [0.3, 0.4) is 0 Å². The molecular formula is C20H23NO4. The van der Waals surface area contributed by atoms with Gasteiger partial charge in [-0.2, -0.15) is 0 Å². The molecule has 0 aliphatic heterocycles. The first-order valence-corrected chi connectivity index (χ1v) is 8.13. The fourth-order valence-electron chi connectivity index (χ4n) is 2.37. The first-order chi connectivity index (χ1) is 12.1. The number of carbonyl (C=O) groups is 2. The van der Waals surface area contributed by atoms with Crippen LogP contribution < -0.4 is 5.32 Å². The summed E-state index contributed by atoms with van der Waals surface area (Å²) >= 11 is 0. The average Bonchev–Trinajstić information content (AvgIpc) is 2.63. The summed E-state index contributed by atoms with van der Waals surface area (Å²) in [6.45, 7) is 2.22. The standard InChI is InChI=1S/C20H23NO4/c1-15-8-10-16(11-9-15)12-18(20(23)24-2)21-19(22)14-25-13-17-6-4-3-5-7-17/h3-11,18H,12-14H2,1-2H3,(H,21,22)/t18-/m0/s1. The minimum atomic E-state index is -0.736. The Balaban J connectivity index is 1.86. The third-order valence-corrected chi connectivity index (χ3v) is 3.73. The van der Waals surface area contributed by atoms with Gasteiger partial charge >= 0.3 is 5.97 Å². The third-order valence-electron chi connectivity index (χ3n) is 3.73. The number of rotatable bonds is 8. The van der Waals surface area contributed by atoms with Crippen molar-refractivity contribution in [3.05, 3.63) is 71.3 Å². The van der Waals surface area contributed by atoms with E-state index < -0.39 is 12.0 Å². The molecule has 5 nitrogen and oxygen atoms in total. The van der Waals surface area contributed by atoms with Gasteiger partial charge < -0.3 is 14.8 Å². The van der Waals surface area contributed by atoms with Gasteiger partial charge in [-0.05, 0) is 18.1 Å². The molecule has 25 heavy (non-hydrogen) atoms. The highest BCUT2D eigenvalue weighted by Crippen LogP contribution is 2.07. The summed E-state index contributed by atoms with van der Waals surface area (Å²) in [4.78, 5) is 24.0. The Morgan fingerprint density at radius 2 is 1.68 bits per heavy atom. The predicted octanol–water partition coefficient (Wildman–Crippen LogP) is 2.41. The van der Waals surface area contributed by atoms with E-state index in [2.05, 4.69) is 5.32 Å². The van der Waals surface area contributed by atoms with Crippen molar-refractivity contribution >= 4 is 11.9 Å². The number of methoxy groups -OCH3 is 1. The first-order valence-electron chi connectivity index (χ1n) is 8.13. The fraction of sp³-hybridized carbons (Fsp3) is 0.300. The van der Waals surface area contributed by atoms with Crippen molar-refractivity contribution in [1.82, 2.24) is 5.32 Å². The van der Waals surface area contributed by atoms with Crippen LogP contribution in [0.1, 0.15) is 16.7 Å². The molecule has 0 saturated carbocycles. The number of benzene rings is 2. The maximum atomic E-state index is 12.1. The molecule has 2 rings (SSSR count). The Labute approximate surface area is 148 Å². The Morgan fingerprint density at radius 3 is 2.32 bits per heavy atom. The zero-order chi connectivity index (χ0) is 18.1. The molecule has 5 heteroatoms. The number of carbonyl (C=O) groups excluding carboxylic acids is 2. The Hall–Kier alpha value is -2.66. The lowest BCUT2D eigenvalue weighted by Crippen LogP contribution is -2.44. The van der Waals surface area contributed by atoms with Crippen molar-refractivity contribution < 1.29 is 19.1 Å².